The van der Waals surface area contributed by atoms with Crippen LogP contribution in [0.25, 0.3) is 0 Å². The van der Waals surface area contributed by atoms with Crippen LogP contribution >= 0.6 is 0 Å². The van der Waals surface area contributed by atoms with E-state index in [-0.39, 0.29) is 12.3 Å². The summed E-state index contributed by atoms with van der Waals surface area (Å²) >= 11 is 0. The van der Waals surface area contributed by atoms with Gasteiger partial charge in [0.25, 0.3) is 0 Å². The number of rotatable bonds is 5. The first-order valence-electron chi connectivity index (χ1n) is 7.12. The maximum Gasteiger partial charge on any atom is 0.311 e. The van der Waals surface area contributed by atoms with E-state index in [1.807, 2.05) is 38.1 Å². The molecular formula is C18H19NO3. The van der Waals surface area contributed by atoms with Gasteiger partial charge in [0.15, 0.2) is 0 Å². The molecule has 0 unspecified atom stereocenters. The quantitative estimate of drug-likeness (QED) is 0.887. The highest BCUT2D eigenvalue weighted by atomic mass is 16.4. The van der Waals surface area contributed by atoms with E-state index >= 15 is 0 Å². The fraction of sp³-hybridized carbons (Fsp3) is 0.222. The van der Waals surface area contributed by atoms with Crippen LogP contribution in [-0.2, 0) is 9.59 Å². The summed E-state index contributed by atoms with van der Waals surface area (Å²) in [5.41, 5.74) is 3.42. The largest absolute Gasteiger partial charge is 0.481 e. The number of aliphatic carboxylic acids is 1. The summed E-state index contributed by atoms with van der Waals surface area (Å²) in [5.74, 6) is -2.14. The van der Waals surface area contributed by atoms with Gasteiger partial charge >= 0.3 is 5.97 Å². The van der Waals surface area contributed by atoms with Crippen molar-refractivity contribution in [1.82, 2.24) is 0 Å². The number of carbonyl (C=O) groups is 2. The Kier molecular flexibility index (Phi) is 4.94. The van der Waals surface area contributed by atoms with Crippen LogP contribution in [0.15, 0.2) is 48.5 Å². The van der Waals surface area contributed by atoms with Gasteiger partial charge in [0, 0.05) is 12.1 Å². The van der Waals surface area contributed by atoms with Crippen molar-refractivity contribution in [2.24, 2.45) is 0 Å². The maximum atomic E-state index is 12.2. The lowest BCUT2D eigenvalue weighted by atomic mass is 9.95. The van der Waals surface area contributed by atoms with Gasteiger partial charge in [-0.1, -0.05) is 48.0 Å². The topological polar surface area (TPSA) is 66.4 Å². The van der Waals surface area contributed by atoms with E-state index in [2.05, 4.69) is 5.32 Å². The molecule has 0 aliphatic heterocycles. The molecule has 0 aliphatic carbocycles. The summed E-state index contributed by atoms with van der Waals surface area (Å²) < 4.78 is 0. The molecule has 0 radical (unpaired) electrons. The lowest BCUT2D eigenvalue weighted by molar-refractivity contribution is -0.140. The number of carbonyl (C=O) groups excluding carboxylic acids is 1. The van der Waals surface area contributed by atoms with Crippen molar-refractivity contribution in [3.8, 4) is 0 Å². The highest BCUT2D eigenvalue weighted by Crippen LogP contribution is 2.22. The van der Waals surface area contributed by atoms with E-state index in [1.54, 1.807) is 24.3 Å². The molecule has 4 nitrogen and oxygen atoms in total. The van der Waals surface area contributed by atoms with Crippen LogP contribution in [0.4, 0.5) is 5.69 Å². The molecule has 0 aromatic heterocycles. The molecule has 1 amide bonds. The van der Waals surface area contributed by atoms with Gasteiger partial charge in [-0.15, -0.1) is 0 Å². The summed E-state index contributed by atoms with van der Waals surface area (Å²) in [6, 6.07) is 14.5. The van der Waals surface area contributed by atoms with Gasteiger partial charge in [-0.3, -0.25) is 9.59 Å². The summed E-state index contributed by atoms with van der Waals surface area (Å²) in [7, 11) is 0. The zero-order valence-electron chi connectivity index (χ0n) is 12.7. The van der Waals surface area contributed by atoms with Crippen molar-refractivity contribution >= 4 is 17.6 Å². The fourth-order valence-corrected chi connectivity index (χ4v) is 2.37. The third-order valence-electron chi connectivity index (χ3n) is 3.55. The van der Waals surface area contributed by atoms with Crippen molar-refractivity contribution in [2.75, 3.05) is 5.32 Å². The second-order valence-electron chi connectivity index (χ2n) is 5.37. The number of nitrogens with one attached hydrogen (secondary N) is 1. The first kappa shape index (κ1) is 15.8. The predicted molar refractivity (Wildman–Crippen MR) is 86.0 cm³/mol. The molecule has 22 heavy (non-hydrogen) atoms. The molecule has 0 heterocycles. The molecule has 0 fully saturated rings. The molecule has 0 bridgehead atoms. The minimum absolute atomic E-state index is 0.0906. The van der Waals surface area contributed by atoms with E-state index in [4.69, 9.17) is 0 Å². The van der Waals surface area contributed by atoms with Gasteiger partial charge in [-0.05, 0) is 31.0 Å². The van der Waals surface area contributed by atoms with Crippen LogP contribution in [0.3, 0.4) is 0 Å². The molecule has 2 aromatic rings. The van der Waals surface area contributed by atoms with E-state index in [0.717, 1.165) is 11.1 Å². The van der Waals surface area contributed by atoms with Gasteiger partial charge in [-0.2, -0.15) is 0 Å². The van der Waals surface area contributed by atoms with Crippen molar-refractivity contribution in [2.45, 2.75) is 26.2 Å². The van der Waals surface area contributed by atoms with Crippen LogP contribution in [0, 0.1) is 13.8 Å². The molecule has 0 spiro atoms. The van der Waals surface area contributed by atoms with Crippen molar-refractivity contribution in [3.05, 3.63) is 65.2 Å². The van der Waals surface area contributed by atoms with Crippen LogP contribution in [-0.4, -0.2) is 17.0 Å². The number of amides is 1. The fourth-order valence-electron chi connectivity index (χ4n) is 2.37. The Morgan fingerprint density at radius 2 is 1.77 bits per heavy atom. The molecule has 1 atom stereocenters. The van der Waals surface area contributed by atoms with E-state index in [0.29, 0.717) is 11.3 Å². The third kappa shape index (κ3) is 3.95. The molecule has 0 saturated carbocycles. The number of carboxylic acids is 1. The minimum atomic E-state index is -0.998. The average Bonchev–Trinajstić information content (AvgIpc) is 2.48. The lowest BCUT2D eigenvalue weighted by Gasteiger charge is -2.14. The van der Waals surface area contributed by atoms with Crippen molar-refractivity contribution in [3.63, 3.8) is 0 Å². The molecule has 0 aliphatic rings. The monoisotopic (exact) mass is 297 g/mol. The minimum Gasteiger partial charge on any atom is -0.481 e. The van der Waals surface area contributed by atoms with Crippen LogP contribution < -0.4 is 5.32 Å². The molecule has 0 saturated heterocycles. The number of carboxylic acid groups (broad SMARTS) is 1. The summed E-state index contributed by atoms with van der Waals surface area (Å²) in [6.45, 7) is 3.89. The summed E-state index contributed by atoms with van der Waals surface area (Å²) in [5, 5.41) is 12.1. The van der Waals surface area contributed by atoms with Crippen LogP contribution in [0.5, 0.6) is 0 Å². The molecule has 2 aromatic carbocycles. The molecule has 114 valence electrons. The highest BCUT2D eigenvalue weighted by Gasteiger charge is 2.23. The zero-order chi connectivity index (χ0) is 16.1. The third-order valence-corrected chi connectivity index (χ3v) is 3.55. The normalized spacial score (nSPS) is 11.7. The average molecular weight is 297 g/mol. The van der Waals surface area contributed by atoms with Gasteiger partial charge in [0.2, 0.25) is 5.91 Å². The smallest absolute Gasteiger partial charge is 0.311 e. The molecule has 4 heteroatoms. The SMILES string of the molecule is Cc1ccc(NC(=O)C[C@@H](C(=O)O)c2ccccc2)c(C)c1. The number of aryl methyl sites for hydroxylation is 2. The first-order chi connectivity index (χ1) is 10.5. The Morgan fingerprint density at radius 3 is 2.36 bits per heavy atom. The standard InChI is InChI=1S/C18H19NO3/c1-12-8-9-16(13(2)10-12)19-17(20)11-15(18(21)22)14-6-4-3-5-7-14/h3-10,15H,11H2,1-2H3,(H,19,20)(H,21,22)/t15-/m1/s1. The maximum absolute atomic E-state index is 12.2. The second kappa shape index (κ2) is 6.89. The van der Waals surface area contributed by atoms with Crippen molar-refractivity contribution in [1.29, 1.82) is 0 Å². The van der Waals surface area contributed by atoms with E-state index < -0.39 is 11.9 Å². The number of hydrogen-bond acceptors (Lipinski definition) is 2. The first-order valence-corrected chi connectivity index (χ1v) is 7.12. The van der Waals surface area contributed by atoms with Gasteiger partial charge < -0.3 is 10.4 Å². The number of anilines is 1. The number of hydrogen-bond donors (Lipinski definition) is 2. The van der Waals surface area contributed by atoms with Gasteiger partial charge in [0.05, 0.1) is 5.92 Å². The Morgan fingerprint density at radius 1 is 1.09 bits per heavy atom. The zero-order valence-corrected chi connectivity index (χ0v) is 12.7. The van der Waals surface area contributed by atoms with E-state index in [1.165, 1.54) is 0 Å². The number of benzene rings is 2. The summed E-state index contributed by atoms with van der Waals surface area (Å²) in [6.07, 6.45) is -0.0906. The van der Waals surface area contributed by atoms with Crippen LogP contribution in [0.2, 0.25) is 0 Å². The lowest BCUT2D eigenvalue weighted by Crippen LogP contribution is -2.21. The summed E-state index contributed by atoms with van der Waals surface area (Å²) in [4.78, 5) is 23.6. The molecular weight excluding hydrogens is 278 g/mol. The van der Waals surface area contributed by atoms with Crippen LogP contribution in [0.1, 0.15) is 29.0 Å². The molecule has 2 rings (SSSR count). The van der Waals surface area contributed by atoms with Crippen molar-refractivity contribution < 1.29 is 14.7 Å². The Labute approximate surface area is 129 Å². The predicted octanol–water partition coefficient (Wildman–Crippen LogP) is 3.50. The molecule has 2 N–H and O–H groups in total. The van der Waals surface area contributed by atoms with Gasteiger partial charge in [0.1, 0.15) is 0 Å². The Hall–Kier alpha value is -2.62. The second-order valence-corrected chi connectivity index (χ2v) is 5.37. The highest BCUT2D eigenvalue weighted by molar-refractivity contribution is 5.95. The van der Waals surface area contributed by atoms with E-state index in [9.17, 15) is 14.7 Å². The Bertz CT molecular complexity index is 680. The Balaban J connectivity index is 2.10. The van der Waals surface area contributed by atoms with Gasteiger partial charge in [-0.25, -0.2) is 0 Å².